The third-order valence-corrected chi connectivity index (χ3v) is 2.27. The molecule has 0 aliphatic carbocycles. The Labute approximate surface area is 85.1 Å². The topological polar surface area (TPSA) is 17.1 Å². The fourth-order valence-electron chi connectivity index (χ4n) is 1.32. The SMILES string of the molecule is C#CCC(=O)Cc1ccc(C)c(C)c1. The summed E-state index contributed by atoms with van der Waals surface area (Å²) in [6.45, 7) is 4.10. The first-order chi connectivity index (χ1) is 6.63. The molecule has 0 N–H and O–H groups in total. The Morgan fingerprint density at radius 3 is 2.64 bits per heavy atom. The molecule has 0 unspecified atom stereocenters. The van der Waals surface area contributed by atoms with E-state index in [1.54, 1.807) is 0 Å². The second-order valence-corrected chi connectivity index (χ2v) is 3.51. The van der Waals surface area contributed by atoms with Crippen LogP contribution in [-0.4, -0.2) is 5.78 Å². The summed E-state index contributed by atoms with van der Waals surface area (Å²) in [5.41, 5.74) is 3.52. The number of terminal acetylenes is 1. The lowest BCUT2D eigenvalue weighted by atomic mass is 10.0. The maximum absolute atomic E-state index is 11.3. The largest absolute Gasteiger partial charge is 0.298 e. The van der Waals surface area contributed by atoms with E-state index in [4.69, 9.17) is 6.42 Å². The average molecular weight is 186 g/mol. The first kappa shape index (κ1) is 10.5. The molecule has 0 amide bonds. The van der Waals surface area contributed by atoms with Gasteiger partial charge in [0.2, 0.25) is 0 Å². The van der Waals surface area contributed by atoms with Crippen molar-refractivity contribution in [3.8, 4) is 12.3 Å². The van der Waals surface area contributed by atoms with Crippen LogP contribution in [0.2, 0.25) is 0 Å². The van der Waals surface area contributed by atoms with Crippen LogP contribution >= 0.6 is 0 Å². The van der Waals surface area contributed by atoms with Gasteiger partial charge in [-0.1, -0.05) is 24.1 Å². The van der Waals surface area contributed by atoms with Crippen molar-refractivity contribution in [3.63, 3.8) is 0 Å². The van der Waals surface area contributed by atoms with Crippen LogP contribution in [0, 0.1) is 26.2 Å². The average Bonchev–Trinajstić information content (AvgIpc) is 2.12. The number of hydrogen-bond donors (Lipinski definition) is 0. The molecule has 0 atom stereocenters. The fraction of sp³-hybridized carbons (Fsp3) is 0.308. The first-order valence-electron chi connectivity index (χ1n) is 4.65. The Hall–Kier alpha value is -1.55. The standard InChI is InChI=1S/C13H14O/c1-4-5-13(14)9-12-7-6-10(2)11(3)8-12/h1,6-8H,5,9H2,2-3H3. The molecular formula is C13H14O. The summed E-state index contributed by atoms with van der Waals surface area (Å²) in [4.78, 5) is 11.3. The quantitative estimate of drug-likeness (QED) is 0.663. The zero-order valence-corrected chi connectivity index (χ0v) is 8.63. The van der Waals surface area contributed by atoms with Gasteiger partial charge in [-0.2, -0.15) is 0 Å². The van der Waals surface area contributed by atoms with Crippen molar-refractivity contribution in [1.29, 1.82) is 0 Å². The van der Waals surface area contributed by atoms with E-state index in [0.717, 1.165) is 5.56 Å². The molecule has 72 valence electrons. The van der Waals surface area contributed by atoms with Gasteiger partial charge in [0.15, 0.2) is 0 Å². The Kier molecular flexibility index (Phi) is 3.48. The Balaban J connectivity index is 2.74. The molecule has 0 aliphatic heterocycles. The second-order valence-electron chi connectivity index (χ2n) is 3.51. The zero-order valence-electron chi connectivity index (χ0n) is 8.63. The second kappa shape index (κ2) is 4.62. The first-order valence-corrected chi connectivity index (χ1v) is 4.65. The van der Waals surface area contributed by atoms with Crippen LogP contribution in [0.15, 0.2) is 18.2 Å². The smallest absolute Gasteiger partial charge is 0.149 e. The number of ketones is 1. The lowest BCUT2D eigenvalue weighted by Crippen LogP contribution is -2.01. The van der Waals surface area contributed by atoms with Gasteiger partial charge in [0.05, 0.1) is 6.42 Å². The van der Waals surface area contributed by atoms with Crippen molar-refractivity contribution >= 4 is 5.78 Å². The van der Waals surface area contributed by atoms with E-state index in [2.05, 4.69) is 12.8 Å². The summed E-state index contributed by atoms with van der Waals surface area (Å²) in [6.07, 6.45) is 5.75. The summed E-state index contributed by atoms with van der Waals surface area (Å²) < 4.78 is 0. The Bertz CT molecular complexity index is 383. The summed E-state index contributed by atoms with van der Waals surface area (Å²) in [7, 11) is 0. The van der Waals surface area contributed by atoms with Crippen LogP contribution in [0.3, 0.4) is 0 Å². The number of hydrogen-bond acceptors (Lipinski definition) is 1. The van der Waals surface area contributed by atoms with E-state index in [1.165, 1.54) is 11.1 Å². The third kappa shape index (κ3) is 2.74. The minimum Gasteiger partial charge on any atom is -0.298 e. The van der Waals surface area contributed by atoms with Crippen molar-refractivity contribution in [2.45, 2.75) is 26.7 Å². The predicted octanol–water partition coefficient (Wildman–Crippen LogP) is 2.44. The van der Waals surface area contributed by atoms with E-state index in [-0.39, 0.29) is 12.2 Å². The van der Waals surface area contributed by atoms with Gasteiger partial charge in [-0.25, -0.2) is 0 Å². The normalized spacial score (nSPS) is 9.50. The lowest BCUT2D eigenvalue weighted by molar-refractivity contribution is -0.117. The molecule has 0 spiro atoms. The molecule has 1 heteroatoms. The highest BCUT2D eigenvalue weighted by Gasteiger charge is 2.02. The van der Waals surface area contributed by atoms with Crippen LogP contribution < -0.4 is 0 Å². The molecule has 14 heavy (non-hydrogen) atoms. The Morgan fingerprint density at radius 2 is 2.07 bits per heavy atom. The van der Waals surface area contributed by atoms with Crippen molar-refractivity contribution in [3.05, 3.63) is 34.9 Å². The van der Waals surface area contributed by atoms with E-state index in [9.17, 15) is 4.79 Å². The van der Waals surface area contributed by atoms with Gasteiger partial charge in [-0.05, 0) is 30.5 Å². The fourth-order valence-corrected chi connectivity index (χ4v) is 1.32. The molecule has 0 saturated heterocycles. The molecule has 0 radical (unpaired) electrons. The van der Waals surface area contributed by atoms with Gasteiger partial charge in [-0.3, -0.25) is 4.79 Å². The highest BCUT2D eigenvalue weighted by Crippen LogP contribution is 2.10. The number of carbonyl (C=O) groups excluding carboxylic acids is 1. The summed E-state index contributed by atoms with van der Waals surface area (Å²) in [5.74, 6) is 2.47. The minimum atomic E-state index is 0.107. The van der Waals surface area contributed by atoms with Gasteiger partial charge in [-0.15, -0.1) is 6.42 Å². The maximum Gasteiger partial charge on any atom is 0.149 e. The number of aryl methyl sites for hydroxylation is 2. The highest BCUT2D eigenvalue weighted by molar-refractivity contribution is 5.82. The van der Waals surface area contributed by atoms with Gasteiger partial charge in [0.25, 0.3) is 0 Å². The minimum absolute atomic E-state index is 0.107. The number of Topliss-reactive ketones (excluding diaryl/α,β-unsaturated/α-hetero) is 1. The van der Waals surface area contributed by atoms with Crippen LogP contribution in [-0.2, 0) is 11.2 Å². The highest BCUT2D eigenvalue weighted by atomic mass is 16.1. The maximum atomic E-state index is 11.3. The number of carbonyl (C=O) groups is 1. The summed E-state index contributed by atoms with van der Waals surface area (Å²) in [6, 6.07) is 6.06. The van der Waals surface area contributed by atoms with Gasteiger partial charge < -0.3 is 0 Å². The molecule has 0 fully saturated rings. The molecule has 0 bridgehead atoms. The lowest BCUT2D eigenvalue weighted by Gasteiger charge is -2.03. The van der Waals surface area contributed by atoms with Gasteiger partial charge >= 0.3 is 0 Å². The number of rotatable bonds is 3. The van der Waals surface area contributed by atoms with E-state index >= 15 is 0 Å². The molecule has 0 aliphatic rings. The van der Waals surface area contributed by atoms with Crippen LogP contribution in [0.5, 0.6) is 0 Å². The van der Waals surface area contributed by atoms with Crippen molar-refractivity contribution in [2.24, 2.45) is 0 Å². The van der Waals surface area contributed by atoms with Gasteiger partial charge in [0, 0.05) is 6.42 Å². The van der Waals surface area contributed by atoms with E-state index < -0.39 is 0 Å². The zero-order chi connectivity index (χ0) is 10.6. The van der Waals surface area contributed by atoms with Crippen LogP contribution in [0.1, 0.15) is 23.1 Å². The van der Waals surface area contributed by atoms with Crippen LogP contribution in [0.25, 0.3) is 0 Å². The van der Waals surface area contributed by atoms with Crippen LogP contribution in [0.4, 0.5) is 0 Å². The monoisotopic (exact) mass is 186 g/mol. The Morgan fingerprint density at radius 1 is 1.36 bits per heavy atom. The molecular weight excluding hydrogens is 172 g/mol. The molecule has 0 aromatic heterocycles. The molecule has 1 rings (SSSR count). The van der Waals surface area contributed by atoms with Crippen molar-refractivity contribution in [1.82, 2.24) is 0 Å². The molecule has 0 heterocycles. The number of benzene rings is 1. The third-order valence-electron chi connectivity index (χ3n) is 2.27. The predicted molar refractivity (Wildman–Crippen MR) is 58.1 cm³/mol. The summed E-state index contributed by atoms with van der Waals surface area (Å²) in [5, 5.41) is 0. The molecule has 1 aromatic carbocycles. The van der Waals surface area contributed by atoms with E-state index in [0.29, 0.717) is 6.42 Å². The van der Waals surface area contributed by atoms with Gasteiger partial charge in [0.1, 0.15) is 5.78 Å². The molecule has 1 nitrogen and oxygen atoms in total. The van der Waals surface area contributed by atoms with Crippen molar-refractivity contribution in [2.75, 3.05) is 0 Å². The molecule has 1 aromatic rings. The van der Waals surface area contributed by atoms with Crippen molar-refractivity contribution < 1.29 is 4.79 Å². The van der Waals surface area contributed by atoms with E-state index in [1.807, 2.05) is 25.1 Å². The summed E-state index contributed by atoms with van der Waals surface area (Å²) >= 11 is 0. The molecule has 0 saturated carbocycles.